The molecule has 0 unspecified atom stereocenters. The van der Waals surface area contributed by atoms with Crippen LogP contribution in [0.4, 0.5) is 21.9 Å². The zero-order valence-electron chi connectivity index (χ0n) is 23.8. The molecule has 0 atom stereocenters. The molecule has 1 heterocycles. The number of para-hydroxylation sites is 1. The van der Waals surface area contributed by atoms with Gasteiger partial charge in [-0.15, -0.1) is 0 Å². The number of benzene rings is 3. The molecule has 2 amide bonds. The van der Waals surface area contributed by atoms with Gasteiger partial charge in [0.25, 0.3) is 5.91 Å². The van der Waals surface area contributed by atoms with Gasteiger partial charge in [0.2, 0.25) is 0 Å². The lowest BCUT2D eigenvalue weighted by atomic mass is 10.2. The number of anilines is 3. The second-order valence-corrected chi connectivity index (χ2v) is 10.6. The number of amides is 2. The Morgan fingerprint density at radius 1 is 0.925 bits per heavy atom. The molecule has 4 aromatic rings. The van der Waals surface area contributed by atoms with Crippen molar-refractivity contribution in [1.29, 1.82) is 0 Å². The Morgan fingerprint density at radius 3 is 2.38 bits per heavy atom. The fraction of sp³-hybridized carbons (Fsp3) is 0.281. The van der Waals surface area contributed by atoms with E-state index in [2.05, 4.69) is 39.7 Å². The molecule has 0 saturated carbocycles. The maximum Gasteiger partial charge on any atom is 0.407 e. The van der Waals surface area contributed by atoms with Crippen LogP contribution in [0.2, 0.25) is 0 Å². The highest BCUT2D eigenvalue weighted by Gasteiger charge is 2.18. The van der Waals surface area contributed by atoms with Crippen LogP contribution in [-0.4, -0.2) is 33.9 Å². The number of carbonyl (C=O) groups is 2. The van der Waals surface area contributed by atoms with Gasteiger partial charge in [-0.1, -0.05) is 43.3 Å². The number of nitrogens with one attached hydrogen (secondary N) is 2. The van der Waals surface area contributed by atoms with E-state index in [0.29, 0.717) is 17.1 Å². The second kappa shape index (κ2) is 12.5. The fourth-order valence-electron chi connectivity index (χ4n) is 4.33. The monoisotopic (exact) mass is 539 g/mol. The van der Waals surface area contributed by atoms with Gasteiger partial charge in [-0.3, -0.25) is 4.79 Å². The maximum atomic E-state index is 13.5. The van der Waals surface area contributed by atoms with E-state index in [0.717, 1.165) is 35.6 Å². The van der Waals surface area contributed by atoms with Crippen LogP contribution in [0.5, 0.6) is 0 Å². The summed E-state index contributed by atoms with van der Waals surface area (Å²) in [5.41, 5.74) is 4.92. The summed E-state index contributed by atoms with van der Waals surface area (Å²) < 4.78 is 6.95. The van der Waals surface area contributed by atoms with Crippen LogP contribution in [0.25, 0.3) is 5.69 Å². The fourth-order valence-corrected chi connectivity index (χ4v) is 4.33. The molecule has 2 N–H and O–H groups in total. The Hall–Kier alpha value is -4.59. The Balaban J connectivity index is 1.53. The highest BCUT2D eigenvalue weighted by molar-refractivity contribution is 6.03. The van der Waals surface area contributed by atoms with E-state index in [9.17, 15) is 9.59 Å². The van der Waals surface area contributed by atoms with Gasteiger partial charge in [0.15, 0.2) is 0 Å². The second-order valence-electron chi connectivity index (χ2n) is 10.6. The van der Waals surface area contributed by atoms with Crippen molar-refractivity contribution < 1.29 is 14.3 Å². The topological polar surface area (TPSA) is 88.5 Å². The molecule has 4 rings (SSSR count). The molecule has 0 radical (unpaired) electrons. The lowest BCUT2D eigenvalue weighted by Crippen LogP contribution is -2.32. The number of hydrogen-bond acceptors (Lipinski definition) is 5. The van der Waals surface area contributed by atoms with Gasteiger partial charge in [0.1, 0.15) is 11.3 Å². The average molecular weight is 540 g/mol. The molecule has 40 heavy (non-hydrogen) atoms. The van der Waals surface area contributed by atoms with Crippen molar-refractivity contribution in [2.45, 2.75) is 53.2 Å². The Kier molecular flexibility index (Phi) is 8.89. The maximum absolute atomic E-state index is 13.5. The van der Waals surface area contributed by atoms with Crippen LogP contribution in [0, 0.1) is 6.92 Å². The van der Waals surface area contributed by atoms with Crippen LogP contribution >= 0.6 is 0 Å². The standard InChI is InChI=1S/C32H37N5O3/c1-6-18-36(26-14-8-7-9-15-26)27-16-11-13-25(21-27)34-30(38)29-19-23(2)35-37(29)28-17-10-12-24(20-28)22-33-31(39)40-32(3,4)5/h7-17,19-21H,6,18,22H2,1-5H3,(H,33,39)(H,34,38). The molecule has 0 aliphatic rings. The van der Waals surface area contributed by atoms with Gasteiger partial charge < -0.3 is 20.3 Å². The first-order valence-electron chi connectivity index (χ1n) is 13.5. The summed E-state index contributed by atoms with van der Waals surface area (Å²) in [5.74, 6) is -0.267. The lowest BCUT2D eigenvalue weighted by Gasteiger charge is -2.25. The third kappa shape index (κ3) is 7.50. The largest absolute Gasteiger partial charge is 0.444 e. The van der Waals surface area contributed by atoms with Crippen molar-refractivity contribution in [3.8, 4) is 5.69 Å². The molecule has 1 aromatic heterocycles. The SMILES string of the molecule is CCCN(c1ccccc1)c1cccc(NC(=O)c2cc(C)nn2-c2cccc(CNC(=O)OC(C)(C)C)c2)c1. The molecule has 0 saturated heterocycles. The first-order valence-corrected chi connectivity index (χ1v) is 13.5. The third-order valence-electron chi connectivity index (χ3n) is 5.99. The summed E-state index contributed by atoms with van der Waals surface area (Å²) in [4.78, 5) is 27.8. The molecule has 208 valence electrons. The van der Waals surface area contributed by atoms with Gasteiger partial charge in [-0.2, -0.15) is 5.10 Å². The molecule has 0 bridgehead atoms. The van der Waals surface area contributed by atoms with E-state index in [1.807, 2.05) is 94.4 Å². The van der Waals surface area contributed by atoms with E-state index in [4.69, 9.17) is 4.74 Å². The van der Waals surface area contributed by atoms with E-state index >= 15 is 0 Å². The number of aryl methyl sites for hydroxylation is 1. The minimum atomic E-state index is -0.573. The van der Waals surface area contributed by atoms with Crippen molar-refractivity contribution >= 4 is 29.1 Å². The quantitative estimate of drug-likeness (QED) is 0.239. The number of ether oxygens (including phenoxy) is 1. The Labute approximate surface area is 236 Å². The smallest absolute Gasteiger partial charge is 0.407 e. The summed E-state index contributed by atoms with van der Waals surface area (Å²) >= 11 is 0. The van der Waals surface area contributed by atoms with Crippen molar-refractivity contribution in [2.24, 2.45) is 0 Å². The lowest BCUT2D eigenvalue weighted by molar-refractivity contribution is 0.0523. The zero-order valence-corrected chi connectivity index (χ0v) is 23.8. The summed E-state index contributed by atoms with van der Waals surface area (Å²) in [6.07, 6.45) is 0.496. The minimum absolute atomic E-state index is 0.267. The average Bonchev–Trinajstić information content (AvgIpc) is 3.32. The van der Waals surface area contributed by atoms with Gasteiger partial charge in [-0.05, 0) is 88.2 Å². The van der Waals surface area contributed by atoms with Gasteiger partial charge >= 0.3 is 6.09 Å². The van der Waals surface area contributed by atoms with Crippen molar-refractivity contribution in [1.82, 2.24) is 15.1 Å². The molecule has 0 spiro atoms. The van der Waals surface area contributed by atoms with E-state index in [1.165, 1.54) is 0 Å². The highest BCUT2D eigenvalue weighted by atomic mass is 16.6. The molecule has 8 heteroatoms. The van der Waals surface area contributed by atoms with Gasteiger partial charge in [-0.25, -0.2) is 9.48 Å². The molecular weight excluding hydrogens is 502 g/mol. The first-order chi connectivity index (χ1) is 19.1. The molecular formula is C32H37N5O3. The third-order valence-corrected chi connectivity index (χ3v) is 5.99. The van der Waals surface area contributed by atoms with Crippen molar-refractivity contribution in [3.05, 3.63) is 102 Å². The minimum Gasteiger partial charge on any atom is -0.444 e. The van der Waals surface area contributed by atoms with E-state index in [-0.39, 0.29) is 12.5 Å². The van der Waals surface area contributed by atoms with E-state index in [1.54, 1.807) is 10.7 Å². The summed E-state index contributed by atoms with van der Waals surface area (Å²) in [6.45, 7) is 10.6. The number of alkyl carbamates (subject to hydrolysis) is 1. The number of carbonyl (C=O) groups excluding carboxylic acids is 2. The molecule has 8 nitrogen and oxygen atoms in total. The molecule has 0 fully saturated rings. The van der Waals surface area contributed by atoms with Crippen molar-refractivity contribution in [3.63, 3.8) is 0 Å². The molecule has 0 aliphatic carbocycles. The van der Waals surface area contributed by atoms with Crippen LogP contribution in [0.3, 0.4) is 0 Å². The Bertz CT molecular complexity index is 1460. The van der Waals surface area contributed by atoms with Gasteiger partial charge in [0.05, 0.1) is 11.4 Å². The number of rotatable bonds is 9. The molecule has 0 aliphatic heterocycles. The first kappa shape index (κ1) is 28.4. The summed E-state index contributed by atoms with van der Waals surface area (Å²) in [7, 11) is 0. The van der Waals surface area contributed by atoms with Crippen LogP contribution in [0.1, 0.15) is 55.9 Å². The highest BCUT2D eigenvalue weighted by Crippen LogP contribution is 2.28. The predicted molar refractivity (Wildman–Crippen MR) is 160 cm³/mol. The van der Waals surface area contributed by atoms with Crippen LogP contribution in [0.15, 0.2) is 84.9 Å². The summed E-state index contributed by atoms with van der Waals surface area (Å²) in [5, 5.41) is 10.4. The number of aromatic nitrogens is 2. The molecule has 3 aromatic carbocycles. The van der Waals surface area contributed by atoms with E-state index < -0.39 is 11.7 Å². The summed E-state index contributed by atoms with van der Waals surface area (Å²) in [6, 6.07) is 27.4. The van der Waals surface area contributed by atoms with Crippen molar-refractivity contribution in [2.75, 3.05) is 16.8 Å². The zero-order chi connectivity index (χ0) is 28.7. The normalized spacial score (nSPS) is 11.1. The van der Waals surface area contributed by atoms with Crippen LogP contribution < -0.4 is 15.5 Å². The number of nitrogens with zero attached hydrogens (tertiary/aromatic N) is 3. The van der Waals surface area contributed by atoms with Gasteiger partial charge in [0, 0.05) is 30.2 Å². The number of hydrogen-bond donors (Lipinski definition) is 2. The predicted octanol–water partition coefficient (Wildman–Crippen LogP) is 7.01. The van der Waals surface area contributed by atoms with Crippen LogP contribution in [-0.2, 0) is 11.3 Å². The Morgan fingerprint density at radius 2 is 1.65 bits per heavy atom.